The van der Waals surface area contributed by atoms with Crippen molar-refractivity contribution < 1.29 is 14.1 Å². The molecule has 1 aliphatic heterocycles. The van der Waals surface area contributed by atoms with Crippen LogP contribution in [0.15, 0.2) is 57.7 Å². The van der Waals surface area contributed by atoms with Crippen LogP contribution >= 0.6 is 11.6 Å². The molecule has 9 nitrogen and oxygen atoms in total. The molecule has 0 aliphatic carbocycles. The maximum absolute atomic E-state index is 12.8. The second kappa shape index (κ2) is 9.37. The fraction of sp³-hybridized carbons (Fsp3) is 0.273. The Hall–Kier alpha value is -3.43. The minimum atomic E-state index is -0.544. The number of fused-ring (bicyclic) bond motifs is 1. The predicted octanol–water partition coefficient (Wildman–Crippen LogP) is 3.22. The highest BCUT2D eigenvalue weighted by atomic mass is 35.5. The first kappa shape index (κ1) is 21.8. The van der Waals surface area contributed by atoms with Crippen molar-refractivity contribution in [2.75, 3.05) is 44.6 Å². The van der Waals surface area contributed by atoms with Crippen LogP contribution in [-0.2, 0) is 0 Å². The van der Waals surface area contributed by atoms with Crippen molar-refractivity contribution in [2.24, 2.45) is 0 Å². The van der Waals surface area contributed by atoms with E-state index in [0.29, 0.717) is 38.3 Å². The van der Waals surface area contributed by atoms with E-state index in [-0.39, 0.29) is 22.2 Å². The smallest absolute Gasteiger partial charge is 0.338 e. The lowest BCUT2D eigenvalue weighted by Crippen LogP contribution is -2.49. The second-order valence-corrected chi connectivity index (χ2v) is 7.86. The van der Waals surface area contributed by atoms with Gasteiger partial charge in [0.25, 0.3) is 11.6 Å². The number of halogens is 1. The molecular formula is C22H21ClN4O5. The van der Waals surface area contributed by atoms with Crippen LogP contribution in [0.1, 0.15) is 10.4 Å². The van der Waals surface area contributed by atoms with Crippen LogP contribution in [0, 0.1) is 10.1 Å². The van der Waals surface area contributed by atoms with Gasteiger partial charge in [-0.2, -0.15) is 0 Å². The van der Waals surface area contributed by atoms with Gasteiger partial charge in [0.15, 0.2) is 0 Å². The van der Waals surface area contributed by atoms with Crippen LogP contribution in [0.2, 0.25) is 5.02 Å². The van der Waals surface area contributed by atoms with E-state index in [0.717, 1.165) is 17.6 Å². The van der Waals surface area contributed by atoms with Crippen molar-refractivity contribution in [1.29, 1.82) is 0 Å². The van der Waals surface area contributed by atoms with Crippen LogP contribution in [0.4, 0.5) is 11.4 Å². The number of carbonyl (C=O) groups excluding carboxylic acids is 1. The SMILES string of the molecule is O=C(c1cc([N+](=O)[O-])ccc1Cl)N1CCN(CCNc2cc(=O)oc3ccccc23)CC1. The zero-order valence-electron chi connectivity index (χ0n) is 17.1. The van der Waals surface area contributed by atoms with Gasteiger partial charge in [0, 0.05) is 62.9 Å². The second-order valence-electron chi connectivity index (χ2n) is 7.46. The van der Waals surface area contributed by atoms with Gasteiger partial charge in [-0.05, 0) is 18.2 Å². The lowest BCUT2D eigenvalue weighted by atomic mass is 10.1. The summed E-state index contributed by atoms with van der Waals surface area (Å²) in [6.07, 6.45) is 0. The predicted molar refractivity (Wildman–Crippen MR) is 121 cm³/mol. The van der Waals surface area contributed by atoms with E-state index < -0.39 is 10.5 Å². The Kier molecular flexibility index (Phi) is 6.38. The summed E-state index contributed by atoms with van der Waals surface area (Å²) in [5, 5.41) is 15.3. The molecule has 1 fully saturated rings. The molecule has 3 aromatic rings. The van der Waals surface area contributed by atoms with Crippen LogP contribution < -0.4 is 10.9 Å². The number of nitro groups is 1. The Morgan fingerprint density at radius 3 is 2.62 bits per heavy atom. The first-order chi connectivity index (χ1) is 15.4. The first-order valence-corrected chi connectivity index (χ1v) is 10.5. The molecule has 1 aliphatic rings. The molecule has 0 unspecified atom stereocenters. The standard InChI is InChI=1S/C22H21ClN4O5/c23-18-6-5-15(27(30)31)13-17(18)22(29)26-11-9-25(10-12-26)8-7-24-19-14-21(28)32-20-4-2-1-3-16(19)20/h1-6,13-14,24H,7-12H2. The Bertz CT molecular complexity index is 1220. The van der Waals surface area contributed by atoms with Gasteiger partial charge >= 0.3 is 5.63 Å². The molecule has 2 heterocycles. The molecule has 1 N–H and O–H groups in total. The maximum Gasteiger partial charge on any atom is 0.338 e. The van der Waals surface area contributed by atoms with Crippen molar-refractivity contribution >= 4 is 39.9 Å². The minimum Gasteiger partial charge on any atom is -0.423 e. The highest BCUT2D eigenvalue weighted by Crippen LogP contribution is 2.24. The number of anilines is 1. The molecule has 10 heteroatoms. The maximum atomic E-state index is 12.8. The number of benzene rings is 2. The molecule has 4 rings (SSSR count). The Balaban J connectivity index is 1.32. The summed E-state index contributed by atoms with van der Waals surface area (Å²) in [5.41, 5.74) is 0.842. The number of nitrogens with zero attached hydrogens (tertiary/aromatic N) is 3. The van der Waals surface area contributed by atoms with E-state index in [1.54, 1.807) is 11.0 Å². The number of hydrogen-bond acceptors (Lipinski definition) is 7. The molecule has 1 aromatic heterocycles. The number of para-hydroxylation sites is 1. The number of nitro benzene ring substituents is 1. The highest BCUT2D eigenvalue weighted by Gasteiger charge is 2.25. The number of nitrogens with one attached hydrogen (secondary N) is 1. The monoisotopic (exact) mass is 456 g/mol. The van der Waals surface area contributed by atoms with Crippen molar-refractivity contribution in [3.63, 3.8) is 0 Å². The molecule has 0 saturated carbocycles. The number of amides is 1. The summed E-state index contributed by atoms with van der Waals surface area (Å²) >= 11 is 6.11. The molecule has 0 bridgehead atoms. The zero-order valence-corrected chi connectivity index (χ0v) is 17.9. The van der Waals surface area contributed by atoms with Gasteiger partial charge in [-0.1, -0.05) is 23.7 Å². The molecule has 32 heavy (non-hydrogen) atoms. The number of carbonyl (C=O) groups is 1. The van der Waals surface area contributed by atoms with E-state index in [1.165, 1.54) is 24.3 Å². The molecule has 166 valence electrons. The number of hydrogen-bond donors (Lipinski definition) is 1. The minimum absolute atomic E-state index is 0.144. The van der Waals surface area contributed by atoms with Crippen LogP contribution in [0.5, 0.6) is 0 Å². The summed E-state index contributed by atoms with van der Waals surface area (Å²) in [5.74, 6) is -0.307. The van der Waals surface area contributed by atoms with Gasteiger partial charge < -0.3 is 14.6 Å². The molecule has 0 spiro atoms. The van der Waals surface area contributed by atoms with E-state index in [1.807, 2.05) is 18.2 Å². The lowest BCUT2D eigenvalue weighted by Gasteiger charge is -2.35. The third kappa shape index (κ3) is 4.74. The van der Waals surface area contributed by atoms with Gasteiger partial charge in [0.1, 0.15) is 5.58 Å². The Morgan fingerprint density at radius 1 is 1.12 bits per heavy atom. The average Bonchev–Trinajstić information content (AvgIpc) is 2.79. The molecular weight excluding hydrogens is 436 g/mol. The van der Waals surface area contributed by atoms with Crippen molar-refractivity contribution in [2.45, 2.75) is 0 Å². The van der Waals surface area contributed by atoms with Gasteiger partial charge in [0.05, 0.1) is 21.2 Å². The summed E-state index contributed by atoms with van der Waals surface area (Å²) in [7, 11) is 0. The van der Waals surface area contributed by atoms with Crippen molar-refractivity contribution in [1.82, 2.24) is 9.80 Å². The van der Waals surface area contributed by atoms with E-state index in [2.05, 4.69) is 10.2 Å². The van der Waals surface area contributed by atoms with Gasteiger partial charge in [0.2, 0.25) is 0 Å². The fourth-order valence-corrected chi connectivity index (χ4v) is 3.94. The number of piperazine rings is 1. The Morgan fingerprint density at radius 2 is 1.88 bits per heavy atom. The first-order valence-electron chi connectivity index (χ1n) is 10.1. The third-order valence-electron chi connectivity index (χ3n) is 5.44. The largest absolute Gasteiger partial charge is 0.423 e. The van der Waals surface area contributed by atoms with Crippen molar-refractivity contribution in [3.8, 4) is 0 Å². The summed E-state index contributed by atoms with van der Waals surface area (Å²) in [4.78, 5) is 38.9. The average molecular weight is 457 g/mol. The highest BCUT2D eigenvalue weighted by molar-refractivity contribution is 6.33. The normalized spacial score (nSPS) is 14.5. The van der Waals surface area contributed by atoms with E-state index in [9.17, 15) is 19.7 Å². The quantitative estimate of drug-likeness (QED) is 0.344. The zero-order chi connectivity index (χ0) is 22.7. The fourth-order valence-electron chi connectivity index (χ4n) is 3.74. The van der Waals surface area contributed by atoms with Gasteiger partial charge in [-0.25, -0.2) is 4.79 Å². The Labute approximate surface area is 188 Å². The molecule has 0 atom stereocenters. The van der Waals surface area contributed by atoms with Gasteiger partial charge in [-0.15, -0.1) is 0 Å². The molecule has 2 aromatic carbocycles. The molecule has 0 radical (unpaired) electrons. The van der Waals surface area contributed by atoms with Crippen LogP contribution in [0.25, 0.3) is 11.0 Å². The van der Waals surface area contributed by atoms with E-state index in [4.69, 9.17) is 16.0 Å². The lowest BCUT2D eigenvalue weighted by molar-refractivity contribution is -0.384. The van der Waals surface area contributed by atoms with Crippen LogP contribution in [-0.4, -0.2) is 59.9 Å². The van der Waals surface area contributed by atoms with Crippen LogP contribution in [0.3, 0.4) is 0 Å². The van der Waals surface area contributed by atoms with E-state index >= 15 is 0 Å². The third-order valence-corrected chi connectivity index (χ3v) is 5.77. The number of non-ortho nitro benzene ring substituents is 1. The molecule has 1 saturated heterocycles. The summed E-state index contributed by atoms with van der Waals surface area (Å²) in [6.45, 7) is 3.67. The molecule has 1 amide bonds. The van der Waals surface area contributed by atoms with Crippen molar-refractivity contribution in [3.05, 3.63) is 79.7 Å². The van der Waals surface area contributed by atoms with Gasteiger partial charge in [-0.3, -0.25) is 19.8 Å². The summed E-state index contributed by atoms with van der Waals surface area (Å²) in [6, 6.07) is 12.7. The topological polar surface area (TPSA) is 109 Å². The number of rotatable bonds is 6. The summed E-state index contributed by atoms with van der Waals surface area (Å²) < 4.78 is 5.21.